The van der Waals surface area contributed by atoms with Crippen LogP contribution in [0.25, 0.3) is 10.2 Å². The molecule has 9 nitrogen and oxygen atoms in total. The van der Waals surface area contributed by atoms with Gasteiger partial charge in [0.25, 0.3) is 0 Å². The molecule has 0 radical (unpaired) electrons. The Morgan fingerprint density at radius 3 is 2.62 bits per heavy atom. The fraction of sp³-hybridized carbons (Fsp3) is 0.261. The summed E-state index contributed by atoms with van der Waals surface area (Å²) in [4.78, 5) is 42.4. The first-order chi connectivity index (χ1) is 16.5. The number of urea groups is 1. The third kappa shape index (κ3) is 5.00. The van der Waals surface area contributed by atoms with Gasteiger partial charge in [0.2, 0.25) is 5.91 Å². The van der Waals surface area contributed by atoms with Gasteiger partial charge in [-0.05, 0) is 30.7 Å². The molecule has 3 aromatic heterocycles. The van der Waals surface area contributed by atoms with Crippen molar-refractivity contribution in [2.24, 2.45) is 0 Å². The van der Waals surface area contributed by atoms with Gasteiger partial charge in [0.1, 0.15) is 5.82 Å². The molecule has 0 saturated carbocycles. The number of pyridine rings is 1. The number of aryl methyl sites for hydroxylation is 1. The molecule has 0 aliphatic carbocycles. The molecule has 4 heterocycles. The number of hydrogen-bond acceptors (Lipinski definition) is 8. The van der Waals surface area contributed by atoms with E-state index in [0.29, 0.717) is 29.0 Å². The highest BCUT2D eigenvalue weighted by Gasteiger charge is 2.22. The number of nitrogens with zero attached hydrogens (tertiary/aromatic N) is 5. The van der Waals surface area contributed by atoms with E-state index in [-0.39, 0.29) is 18.4 Å². The van der Waals surface area contributed by atoms with Crippen LogP contribution in [0, 0.1) is 6.92 Å². The van der Waals surface area contributed by atoms with Gasteiger partial charge in [-0.3, -0.25) is 10.1 Å². The van der Waals surface area contributed by atoms with Crippen molar-refractivity contribution < 1.29 is 9.59 Å². The molecule has 0 spiro atoms. The zero-order valence-electron chi connectivity index (χ0n) is 18.5. The van der Waals surface area contributed by atoms with Crippen molar-refractivity contribution in [1.29, 1.82) is 0 Å². The molecule has 11 heteroatoms. The quantitative estimate of drug-likeness (QED) is 0.436. The lowest BCUT2D eigenvalue weighted by atomic mass is 10.2. The van der Waals surface area contributed by atoms with Crippen LogP contribution in [0.1, 0.15) is 11.3 Å². The monoisotopic (exact) mass is 493 g/mol. The second-order valence-corrected chi connectivity index (χ2v) is 9.79. The highest BCUT2D eigenvalue weighted by atomic mass is 32.1. The van der Waals surface area contributed by atoms with E-state index >= 15 is 0 Å². The van der Waals surface area contributed by atoms with Crippen molar-refractivity contribution in [2.45, 2.75) is 13.3 Å². The van der Waals surface area contributed by atoms with Crippen LogP contribution in [0.5, 0.6) is 0 Å². The van der Waals surface area contributed by atoms with Crippen LogP contribution >= 0.6 is 22.7 Å². The SMILES string of the molecule is Cc1cccc2sc(NC(=O)Cc3csc(NC(=O)N4CCN(c5ccccn5)CC4)n3)nc12. The van der Waals surface area contributed by atoms with Crippen LogP contribution in [0.4, 0.5) is 20.9 Å². The van der Waals surface area contributed by atoms with Gasteiger partial charge in [0.05, 0.1) is 22.3 Å². The number of anilines is 3. The number of amides is 3. The van der Waals surface area contributed by atoms with Gasteiger partial charge in [0.15, 0.2) is 10.3 Å². The largest absolute Gasteiger partial charge is 0.353 e. The average Bonchev–Trinajstić information content (AvgIpc) is 3.46. The third-order valence-corrected chi connectivity index (χ3v) is 7.26. The number of thiazole rings is 2. The Hall–Kier alpha value is -3.57. The maximum absolute atomic E-state index is 12.7. The van der Waals surface area contributed by atoms with Crippen LogP contribution in [-0.2, 0) is 11.2 Å². The van der Waals surface area contributed by atoms with Gasteiger partial charge < -0.3 is 15.1 Å². The van der Waals surface area contributed by atoms with Crippen molar-refractivity contribution in [3.63, 3.8) is 0 Å². The van der Waals surface area contributed by atoms with Crippen LogP contribution in [0.2, 0.25) is 0 Å². The van der Waals surface area contributed by atoms with E-state index in [1.54, 1.807) is 16.5 Å². The van der Waals surface area contributed by atoms with Crippen molar-refractivity contribution in [2.75, 3.05) is 41.7 Å². The maximum atomic E-state index is 12.7. The molecular weight excluding hydrogens is 470 g/mol. The van der Waals surface area contributed by atoms with E-state index in [0.717, 1.165) is 34.7 Å². The van der Waals surface area contributed by atoms with Crippen molar-refractivity contribution in [3.05, 3.63) is 59.2 Å². The fourth-order valence-corrected chi connectivity index (χ4v) is 5.42. The summed E-state index contributed by atoms with van der Waals surface area (Å²) in [6.07, 6.45) is 1.89. The van der Waals surface area contributed by atoms with Gasteiger partial charge >= 0.3 is 6.03 Å². The minimum absolute atomic E-state index is 0.115. The number of carbonyl (C=O) groups is 2. The number of para-hydroxylation sites is 1. The summed E-state index contributed by atoms with van der Waals surface area (Å²) in [6.45, 7) is 4.65. The first-order valence-corrected chi connectivity index (χ1v) is 12.6. The van der Waals surface area contributed by atoms with E-state index in [9.17, 15) is 9.59 Å². The first kappa shape index (κ1) is 22.2. The van der Waals surface area contributed by atoms with E-state index in [1.807, 2.05) is 43.3 Å². The average molecular weight is 494 g/mol. The van der Waals surface area contributed by atoms with Gasteiger partial charge in [0, 0.05) is 37.8 Å². The topological polar surface area (TPSA) is 103 Å². The summed E-state index contributed by atoms with van der Waals surface area (Å²) in [5.74, 6) is 0.733. The molecule has 0 atom stereocenters. The summed E-state index contributed by atoms with van der Waals surface area (Å²) in [6, 6.07) is 11.6. The first-order valence-electron chi connectivity index (χ1n) is 10.9. The lowest BCUT2D eigenvalue weighted by Crippen LogP contribution is -2.50. The van der Waals surface area contributed by atoms with Gasteiger partial charge in [-0.2, -0.15) is 0 Å². The number of hydrogen-bond donors (Lipinski definition) is 2. The molecule has 34 heavy (non-hydrogen) atoms. The number of fused-ring (bicyclic) bond motifs is 1. The Labute approximate surface area is 204 Å². The molecule has 1 aliphatic rings. The third-order valence-electron chi connectivity index (χ3n) is 5.51. The Morgan fingerprint density at radius 1 is 1.00 bits per heavy atom. The highest BCUT2D eigenvalue weighted by Crippen LogP contribution is 2.28. The molecule has 1 aliphatic heterocycles. The Bertz CT molecular complexity index is 1310. The van der Waals surface area contributed by atoms with Crippen LogP contribution in [0.3, 0.4) is 0 Å². The number of benzene rings is 1. The van der Waals surface area contributed by atoms with E-state index in [4.69, 9.17) is 0 Å². The molecule has 0 bridgehead atoms. The molecular formula is C23H23N7O2S2. The lowest BCUT2D eigenvalue weighted by Gasteiger charge is -2.35. The molecule has 5 rings (SSSR count). The smallest absolute Gasteiger partial charge is 0.323 e. The Morgan fingerprint density at radius 2 is 1.85 bits per heavy atom. The van der Waals surface area contributed by atoms with Crippen LogP contribution < -0.4 is 15.5 Å². The number of nitrogens with one attached hydrogen (secondary N) is 2. The second-order valence-electron chi connectivity index (χ2n) is 7.90. The summed E-state index contributed by atoms with van der Waals surface area (Å²) in [7, 11) is 0. The number of carbonyl (C=O) groups excluding carboxylic acids is 2. The predicted molar refractivity (Wildman–Crippen MR) is 136 cm³/mol. The molecule has 4 aromatic rings. The molecule has 174 valence electrons. The van der Waals surface area contributed by atoms with E-state index < -0.39 is 0 Å². The molecule has 3 amide bonds. The molecule has 2 N–H and O–H groups in total. The summed E-state index contributed by atoms with van der Waals surface area (Å²) < 4.78 is 1.04. The molecule has 1 fully saturated rings. The Kier molecular flexibility index (Phi) is 6.37. The Balaban J connectivity index is 1.12. The number of aromatic nitrogens is 3. The maximum Gasteiger partial charge on any atom is 0.323 e. The van der Waals surface area contributed by atoms with E-state index in [1.165, 1.54) is 22.7 Å². The summed E-state index contributed by atoms with van der Waals surface area (Å²) in [5, 5.41) is 8.55. The van der Waals surface area contributed by atoms with Crippen molar-refractivity contribution in [1.82, 2.24) is 19.9 Å². The lowest BCUT2D eigenvalue weighted by molar-refractivity contribution is -0.115. The number of piperazine rings is 1. The van der Waals surface area contributed by atoms with Crippen molar-refractivity contribution >= 4 is 60.9 Å². The molecule has 1 saturated heterocycles. The predicted octanol–water partition coefficient (Wildman–Crippen LogP) is 3.99. The summed E-state index contributed by atoms with van der Waals surface area (Å²) in [5.41, 5.74) is 2.59. The molecule has 0 unspecified atom stereocenters. The van der Waals surface area contributed by atoms with Crippen LogP contribution in [-0.4, -0.2) is 58.0 Å². The van der Waals surface area contributed by atoms with E-state index in [2.05, 4.69) is 30.5 Å². The minimum atomic E-state index is -0.189. The standard InChI is InChI=1S/C23H23N7O2S2/c1-15-5-4-6-17-20(15)27-22(34-17)26-19(31)13-16-14-33-21(25-16)28-23(32)30-11-9-29(10-12-30)18-7-2-3-8-24-18/h2-8,14H,9-13H2,1H3,(H,25,28,32)(H,26,27,31). The van der Waals surface area contributed by atoms with Gasteiger partial charge in [-0.1, -0.05) is 29.5 Å². The zero-order valence-corrected chi connectivity index (χ0v) is 20.2. The zero-order chi connectivity index (χ0) is 23.5. The normalized spacial score (nSPS) is 13.8. The van der Waals surface area contributed by atoms with Crippen LogP contribution in [0.15, 0.2) is 48.0 Å². The number of rotatable bonds is 5. The van der Waals surface area contributed by atoms with Gasteiger partial charge in [-0.25, -0.2) is 19.7 Å². The fourth-order valence-electron chi connectivity index (χ4n) is 3.76. The van der Waals surface area contributed by atoms with Gasteiger partial charge in [-0.15, -0.1) is 11.3 Å². The minimum Gasteiger partial charge on any atom is -0.353 e. The van der Waals surface area contributed by atoms with Crippen molar-refractivity contribution in [3.8, 4) is 0 Å². The molecule has 1 aromatic carbocycles. The summed E-state index contributed by atoms with van der Waals surface area (Å²) >= 11 is 2.76. The highest BCUT2D eigenvalue weighted by molar-refractivity contribution is 7.22. The second kappa shape index (κ2) is 9.74.